The van der Waals surface area contributed by atoms with Crippen molar-refractivity contribution in [2.45, 2.75) is 51.9 Å². The van der Waals surface area contributed by atoms with E-state index in [0.717, 1.165) is 29.7 Å². The van der Waals surface area contributed by atoms with Crippen LogP contribution in [0.4, 0.5) is 4.39 Å². The first kappa shape index (κ1) is 17.2. The second kappa shape index (κ2) is 6.58. The summed E-state index contributed by atoms with van der Waals surface area (Å²) in [5.41, 5.74) is 4.75. The standard InChI is InChI=1S/C21H21FN6/c1-12-8-17(27-28-11-13(2)23-21(12)28)15-9-16(22)19-18(10-15)25-26-20(24-19)14-6-4-3-5-7-14/h8-11,14H,3-7H2,1-2H3. The molecule has 7 heteroatoms. The van der Waals surface area contributed by atoms with Crippen LogP contribution < -0.4 is 0 Å². The Morgan fingerprint density at radius 1 is 1.00 bits per heavy atom. The van der Waals surface area contributed by atoms with Crippen LogP contribution in [-0.4, -0.2) is 29.8 Å². The van der Waals surface area contributed by atoms with Crippen LogP contribution in [0.25, 0.3) is 27.9 Å². The Kier molecular flexibility index (Phi) is 4.03. The van der Waals surface area contributed by atoms with Crippen LogP contribution in [0.1, 0.15) is 55.1 Å². The van der Waals surface area contributed by atoms with Gasteiger partial charge >= 0.3 is 0 Å². The van der Waals surface area contributed by atoms with Crippen molar-refractivity contribution in [3.05, 3.63) is 47.3 Å². The zero-order chi connectivity index (χ0) is 19.3. The molecule has 6 nitrogen and oxygen atoms in total. The molecule has 0 aliphatic heterocycles. The number of rotatable bonds is 2. The number of aryl methyl sites for hydroxylation is 2. The molecule has 0 atom stereocenters. The van der Waals surface area contributed by atoms with Crippen molar-refractivity contribution in [1.29, 1.82) is 0 Å². The van der Waals surface area contributed by atoms with Gasteiger partial charge in [-0.3, -0.25) is 0 Å². The predicted octanol–water partition coefficient (Wildman–Crippen LogP) is 4.54. The minimum absolute atomic E-state index is 0.288. The largest absolute Gasteiger partial charge is 0.232 e. The summed E-state index contributed by atoms with van der Waals surface area (Å²) in [6.45, 7) is 3.90. The number of halogens is 1. The molecule has 0 N–H and O–H groups in total. The summed E-state index contributed by atoms with van der Waals surface area (Å²) >= 11 is 0. The lowest BCUT2D eigenvalue weighted by atomic mass is 9.89. The predicted molar refractivity (Wildman–Crippen MR) is 105 cm³/mol. The van der Waals surface area contributed by atoms with Crippen LogP contribution in [0.2, 0.25) is 0 Å². The summed E-state index contributed by atoms with van der Waals surface area (Å²) < 4.78 is 16.7. The monoisotopic (exact) mass is 376 g/mol. The van der Waals surface area contributed by atoms with Crippen LogP contribution >= 0.6 is 0 Å². The zero-order valence-corrected chi connectivity index (χ0v) is 16.0. The van der Waals surface area contributed by atoms with Gasteiger partial charge < -0.3 is 0 Å². The van der Waals surface area contributed by atoms with Gasteiger partial charge in [0.2, 0.25) is 0 Å². The van der Waals surface area contributed by atoms with Crippen LogP contribution in [0.5, 0.6) is 0 Å². The zero-order valence-electron chi connectivity index (χ0n) is 16.0. The Morgan fingerprint density at radius 2 is 1.82 bits per heavy atom. The van der Waals surface area contributed by atoms with Crippen LogP contribution in [0, 0.1) is 19.7 Å². The van der Waals surface area contributed by atoms with Crippen molar-refractivity contribution < 1.29 is 4.39 Å². The van der Waals surface area contributed by atoms with E-state index in [1.807, 2.05) is 26.1 Å². The van der Waals surface area contributed by atoms with Crippen LogP contribution in [0.3, 0.4) is 0 Å². The lowest BCUT2D eigenvalue weighted by molar-refractivity contribution is 0.426. The molecular weight excluding hydrogens is 355 g/mol. The molecule has 0 radical (unpaired) electrons. The van der Waals surface area contributed by atoms with Gasteiger partial charge in [-0.05, 0) is 50.5 Å². The van der Waals surface area contributed by atoms with Gasteiger partial charge in [0.1, 0.15) is 11.0 Å². The molecule has 0 amide bonds. The Morgan fingerprint density at radius 3 is 2.64 bits per heavy atom. The number of nitrogens with zero attached hydrogens (tertiary/aromatic N) is 6. The minimum Gasteiger partial charge on any atom is -0.232 e. The first-order valence-corrected chi connectivity index (χ1v) is 9.76. The third-order valence-electron chi connectivity index (χ3n) is 5.53. The molecule has 0 bridgehead atoms. The fourth-order valence-electron chi connectivity index (χ4n) is 4.08. The maximum atomic E-state index is 14.9. The first-order chi connectivity index (χ1) is 13.6. The van der Waals surface area contributed by atoms with E-state index in [0.29, 0.717) is 28.5 Å². The van der Waals surface area contributed by atoms with Crippen LogP contribution in [0.15, 0.2) is 24.4 Å². The van der Waals surface area contributed by atoms with Crippen molar-refractivity contribution >= 4 is 16.7 Å². The highest BCUT2D eigenvalue weighted by Gasteiger charge is 2.20. The second-order valence-corrected chi connectivity index (χ2v) is 7.69. The fourth-order valence-corrected chi connectivity index (χ4v) is 4.08. The normalized spacial score (nSPS) is 15.5. The molecule has 3 aromatic heterocycles. The molecule has 28 heavy (non-hydrogen) atoms. The molecular formula is C21H21FN6. The van der Waals surface area contributed by atoms with Crippen molar-refractivity contribution in [3.63, 3.8) is 0 Å². The van der Waals surface area contributed by atoms with Gasteiger partial charge in [-0.2, -0.15) is 5.10 Å². The number of fused-ring (bicyclic) bond motifs is 2. The van der Waals surface area contributed by atoms with Crippen molar-refractivity contribution in [1.82, 2.24) is 29.8 Å². The average Bonchev–Trinajstić information content (AvgIpc) is 3.09. The van der Waals surface area contributed by atoms with Crippen molar-refractivity contribution in [2.24, 2.45) is 0 Å². The van der Waals surface area contributed by atoms with Gasteiger partial charge in [0.25, 0.3) is 0 Å². The molecule has 1 aromatic carbocycles. The molecule has 4 aromatic rings. The first-order valence-electron chi connectivity index (χ1n) is 9.76. The average molecular weight is 376 g/mol. The Bertz CT molecular complexity index is 1190. The van der Waals surface area contributed by atoms with Crippen LogP contribution in [-0.2, 0) is 0 Å². The molecule has 5 rings (SSSR count). The number of hydrogen-bond acceptors (Lipinski definition) is 5. The third kappa shape index (κ3) is 2.91. The molecule has 0 unspecified atom stereocenters. The summed E-state index contributed by atoms with van der Waals surface area (Å²) in [7, 11) is 0. The maximum Gasteiger partial charge on any atom is 0.156 e. The summed E-state index contributed by atoms with van der Waals surface area (Å²) in [6.07, 6.45) is 7.58. The SMILES string of the molecule is Cc1cn2nc(-c3cc(F)c4nc(C5CCCCC5)nnc4c3)cc(C)c2n1. The van der Waals surface area contributed by atoms with E-state index in [1.165, 1.54) is 25.3 Å². The van der Waals surface area contributed by atoms with E-state index in [9.17, 15) is 4.39 Å². The minimum atomic E-state index is -0.388. The summed E-state index contributed by atoms with van der Waals surface area (Å²) in [5, 5.41) is 13.2. The lowest BCUT2D eigenvalue weighted by Gasteiger charge is -2.19. The third-order valence-corrected chi connectivity index (χ3v) is 5.53. The highest BCUT2D eigenvalue weighted by molar-refractivity contribution is 5.81. The van der Waals surface area contributed by atoms with E-state index < -0.39 is 0 Å². The number of aromatic nitrogens is 6. The summed E-state index contributed by atoms with van der Waals surface area (Å²) in [4.78, 5) is 8.98. The topological polar surface area (TPSA) is 68.9 Å². The molecule has 0 saturated heterocycles. The lowest BCUT2D eigenvalue weighted by Crippen LogP contribution is -2.10. The van der Waals surface area contributed by atoms with Gasteiger partial charge in [0.15, 0.2) is 17.3 Å². The Labute approximate surface area is 161 Å². The molecule has 1 aliphatic carbocycles. The van der Waals surface area contributed by atoms with E-state index in [-0.39, 0.29) is 11.3 Å². The quantitative estimate of drug-likeness (QED) is 0.514. The van der Waals surface area contributed by atoms with Gasteiger partial charge in [0, 0.05) is 11.5 Å². The summed E-state index contributed by atoms with van der Waals surface area (Å²) in [5.74, 6) is 0.574. The highest BCUT2D eigenvalue weighted by atomic mass is 19.1. The number of imidazole rings is 1. The van der Waals surface area contributed by atoms with Gasteiger partial charge in [0.05, 0.1) is 17.6 Å². The number of hydrogen-bond donors (Lipinski definition) is 0. The smallest absolute Gasteiger partial charge is 0.156 e. The van der Waals surface area contributed by atoms with Gasteiger partial charge in [-0.25, -0.2) is 18.9 Å². The molecule has 1 aliphatic rings. The molecule has 0 spiro atoms. The number of benzene rings is 1. The highest BCUT2D eigenvalue weighted by Crippen LogP contribution is 2.32. The fraction of sp³-hybridized carbons (Fsp3) is 0.381. The molecule has 142 valence electrons. The summed E-state index contributed by atoms with van der Waals surface area (Å²) in [6, 6.07) is 5.21. The molecule has 1 saturated carbocycles. The van der Waals surface area contributed by atoms with E-state index in [2.05, 4.69) is 25.3 Å². The van der Waals surface area contributed by atoms with E-state index >= 15 is 0 Å². The molecule has 1 fully saturated rings. The van der Waals surface area contributed by atoms with E-state index in [4.69, 9.17) is 0 Å². The van der Waals surface area contributed by atoms with Gasteiger partial charge in [-0.1, -0.05) is 19.3 Å². The van der Waals surface area contributed by atoms with Crippen molar-refractivity contribution in [2.75, 3.05) is 0 Å². The Hall–Kier alpha value is -2.96. The maximum absolute atomic E-state index is 14.9. The van der Waals surface area contributed by atoms with E-state index in [1.54, 1.807) is 10.6 Å². The van der Waals surface area contributed by atoms with Crippen molar-refractivity contribution in [3.8, 4) is 11.3 Å². The Balaban J connectivity index is 1.59. The second-order valence-electron chi connectivity index (χ2n) is 7.69. The molecule has 3 heterocycles. The van der Waals surface area contributed by atoms with Gasteiger partial charge in [-0.15, -0.1) is 10.2 Å².